The zero-order valence-corrected chi connectivity index (χ0v) is 9.97. The number of hydrogen-bond donors (Lipinski definition) is 1. The number of rotatable bonds is 6. The minimum absolute atomic E-state index is 0.0556. The van der Waals surface area contributed by atoms with Crippen molar-refractivity contribution in [1.29, 1.82) is 0 Å². The third kappa shape index (κ3) is 3.39. The molecule has 1 aromatic rings. The third-order valence-corrected chi connectivity index (χ3v) is 2.30. The van der Waals surface area contributed by atoms with Gasteiger partial charge in [-0.25, -0.2) is 4.98 Å². The number of methoxy groups -OCH3 is 1. The molecule has 0 spiro atoms. The lowest BCUT2D eigenvalue weighted by atomic mass is 10.4. The van der Waals surface area contributed by atoms with Crippen LogP contribution in [0.4, 0.5) is 5.95 Å². The molecule has 6 nitrogen and oxygen atoms in total. The zero-order valence-electron chi connectivity index (χ0n) is 9.97. The van der Waals surface area contributed by atoms with Gasteiger partial charge in [0.05, 0.1) is 24.6 Å². The van der Waals surface area contributed by atoms with E-state index in [0.29, 0.717) is 25.6 Å². The highest BCUT2D eigenvalue weighted by Crippen LogP contribution is 2.07. The van der Waals surface area contributed by atoms with Gasteiger partial charge in [0.2, 0.25) is 5.95 Å². The minimum Gasteiger partial charge on any atom is -0.395 e. The van der Waals surface area contributed by atoms with Gasteiger partial charge in [-0.3, -0.25) is 0 Å². The van der Waals surface area contributed by atoms with Gasteiger partial charge < -0.3 is 14.7 Å². The van der Waals surface area contributed by atoms with Crippen molar-refractivity contribution in [3.05, 3.63) is 11.4 Å². The Morgan fingerprint density at radius 1 is 1.19 bits per heavy atom. The molecule has 0 atom stereocenters. The van der Waals surface area contributed by atoms with Crippen LogP contribution in [0.3, 0.4) is 0 Å². The fourth-order valence-electron chi connectivity index (χ4n) is 1.21. The summed E-state index contributed by atoms with van der Waals surface area (Å²) in [5.74, 6) is 0.536. The Morgan fingerprint density at radius 2 is 1.94 bits per heavy atom. The van der Waals surface area contributed by atoms with E-state index >= 15 is 0 Å². The first-order valence-corrected chi connectivity index (χ1v) is 5.21. The first-order valence-electron chi connectivity index (χ1n) is 5.21. The summed E-state index contributed by atoms with van der Waals surface area (Å²) in [6.07, 6.45) is 0. The van der Waals surface area contributed by atoms with Crippen LogP contribution in [-0.2, 0) is 4.74 Å². The molecule has 0 aliphatic heterocycles. The van der Waals surface area contributed by atoms with Crippen molar-refractivity contribution in [2.75, 3.05) is 38.3 Å². The number of aliphatic hydroxyl groups excluding tert-OH is 1. The number of aliphatic hydroxyl groups is 1. The SMILES string of the molecule is COCCN(CCO)c1nnc(C)c(C)n1. The Balaban J connectivity index is 2.78. The van der Waals surface area contributed by atoms with Crippen LogP contribution in [0, 0.1) is 13.8 Å². The third-order valence-electron chi connectivity index (χ3n) is 2.30. The van der Waals surface area contributed by atoms with Crippen molar-refractivity contribution in [1.82, 2.24) is 15.2 Å². The lowest BCUT2D eigenvalue weighted by Gasteiger charge is -2.20. The number of anilines is 1. The van der Waals surface area contributed by atoms with Crippen LogP contribution in [0.25, 0.3) is 0 Å². The van der Waals surface area contributed by atoms with Gasteiger partial charge in [-0.2, -0.15) is 5.10 Å². The topological polar surface area (TPSA) is 71.4 Å². The van der Waals surface area contributed by atoms with E-state index in [2.05, 4.69) is 15.2 Å². The van der Waals surface area contributed by atoms with E-state index in [1.54, 1.807) is 7.11 Å². The van der Waals surface area contributed by atoms with E-state index in [4.69, 9.17) is 9.84 Å². The van der Waals surface area contributed by atoms with Crippen LogP contribution in [0.5, 0.6) is 0 Å². The Labute approximate surface area is 95.3 Å². The summed E-state index contributed by atoms with van der Waals surface area (Å²) in [4.78, 5) is 6.18. The molecule has 0 amide bonds. The lowest BCUT2D eigenvalue weighted by molar-refractivity contribution is 0.202. The highest BCUT2D eigenvalue weighted by molar-refractivity contribution is 5.29. The summed E-state index contributed by atoms with van der Waals surface area (Å²) in [6, 6.07) is 0. The molecule has 0 fully saturated rings. The summed E-state index contributed by atoms with van der Waals surface area (Å²) in [7, 11) is 1.64. The van der Waals surface area contributed by atoms with Crippen LogP contribution in [0.2, 0.25) is 0 Å². The zero-order chi connectivity index (χ0) is 12.0. The van der Waals surface area contributed by atoms with Crippen molar-refractivity contribution < 1.29 is 9.84 Å². The second-order valence-electron chi connectivity index (χ2n) is 3.49. The van der Waals surface area contributed by atoms with Gasteiger partial charge in [0, 0.05) is 20.2 Å². The number of aryl methyl sites for hydroxylation is 2. The van der Waals surface area contributed by atoms with Crippen molar-refractivity contribution in [2.24, 2.45) is 0 Å². The predicted molar refractivity (Wildman–Crippen MR) is 60.5 cm³/mol. The normalized spacial score (nSPS) is 10.5. The second-order valence-corrected chi connectivity index (χ2v) is 3.49. The molecule has 0 aliphatic carbocycles. The number of nitrogens with zero attached hydrogens (tertiary/aromatic N) is 4. The van der Waals surface area contributed by atoms with Crippen LogP contribution in [0.1, 0.15) is 11.4 Å². The number of ether oxygens (including phenoxy) is 1. The average Bonchev–Trinajstić information content (AvgIpc) is 2.28. The van der Waals surface area contributed by atoms with Crippen LogP contribution < -0.4 is 4.90 Å². The molecule has 90 valence electrons. The van der Waals surface area contributed by atoms with Crippen molar-refractivity contribution in [3.8, 4) is 0 Å². The van der Waals surface area contributed by atoms with Crippen LogP contribution >= 0.6 is 0 Å². The molecular formula is C10H18N4O2. The molecule has 0 bridgehead atoms. The number of aromatic nitrogens is 3. The van der Waals surface area contributed by atoms with Crippen molar-refractivity contribution >= 4 is 5.95 Å². The Kier molecular flexibility index (Phi) is 5.07. The lowest BCUT2D eigenvalue weighted by Crippen LogP contribution is -2.32. The molecule has 0 saturated carbocycles. The van der Waals surface area contributed by atoms with E-state index in [0.717, 1.165) is 11.4 Å². The standard InChI is InChI=1S/C10H18N4O2/c1-8-9(2)12-13-10(11-8)14(4-6-15)5-7-16-3/h15H,4-7H2,1-3H3. The minimum atomic E-state index is 0.0556. The van der Waals surface area contributed by atoms with Gasteiger partial charge in [-0.1, -0.05) is 0 Å². The summed E-state index contributed by atoms with van der Waals surface area (Å²) in [5, 5.41) is 17.0. The molecule has 1 aromatic heterocycles. The summed E-state index contributed by atoms with van der Waals surface area (Å²) >= 11 is 0. The van der Waals surface area contributed by atoms with E-state index in [1.807, 2.05) is 18.7 Å². The molecule has 16 heavy (non-hydrogen) atoms. The molecule has 0 aliphatic rings. The first-order chi connectivity index (χ1) is 7.69. The second kappa shape index (κ2) is 6.34. The molecule has 1 heterocycles. The predicted octanol–water partition coefficient (Wildman–Crippen LogP) is -0.0665. The Morgan fingerprint density at radius 3 is 2.50 bits per heavy atom. The van der Waals surface area contributed by atoms with Gasteiger partial charge in [0.1, 0.15) is 0 Å². The van der Waals surface area contributed by atoms with E-state index in [1.165, 1.54) is 0 Å². The summed E-state index contributed by atoms with van der Waals surface area (Å²) in [5.41, 5.74) is 1.67. The smallest absolute Gasteiger partial charge is 0.245 e. The molecule has 1 N–H and O–H groups in total. The largest absolute Gasteiger partial charge is 0.395 e. The van der Waals surface area contributed by atoms with Crippen LogP contribution in [-0.4, -0.2) is 53.7 Å². The molecule has 0 aromatic carbocycles. The van der Waals surface area contributed by atoms with E-state index < -0.39 is 0 Å². The van der Waals surface area contributed by atoms with Gasteiger partial charge >= 0.3 is 0 Å². The Bertz CT molecular complexity index is 333. The van der Waals surface area contributed by atoms with E-state index in [-0.39, 0.29) is 6.61 Å². The highest BCUT2D eigenvalue weighted by atomic mass is 16.5. The monoisotopic (exact) mass is 226 g/mol. The molecule has 1 rings (SSSR count). The quantitative estimate of drug-likeness (QED) is 0.732. The van der Waals surface area contributed by atoms with Gasteiger partial charge in [-0.05, 0) is 13.8 Å². The fraction of sp³-hybridized carbons (Fsp3) is 0.700. The van der Waals surface area contributed by atoms with Crippen molar-refractivity contribution in [3.63, 3.8) is 0 Å². The van der Waals surface area contributed by atoms with Gasteiger partial charge in [-0.15, -0.1) is 5.10 Å². The molecule has 0 radical (unpaired) electrons. The maximum atomic E-state index is 8.96. The van der Waals surface area contributed by atoms with Crippen LogP contribution in [0.15, 0.2) is 0 Å². The van der Waals surface area contributed by atoms with E-state index in [9.17, 15) is 0 Å². The van der Waals surface area contributed by atoms with Crippen molar-refractivity contribution in [2.45, 2.75) is 13.8 Å². The van der Waals surface area contributed by atoms with Gasteiger partial charge in [0.15, 0.2) is 0 Å². The molecule has 0 saturated heterocycles. The maximum Gasteiger partial charge on any atom is 0.245 e. The Hall–Kier alpha value is -1.27. The molecule has 6 heteroatoms. The summed E-state index contributed by atoms with van der Waals surface area (Å²) in [6.45, 7) is 5.50. The maximum absolute atomic E-state index is 8.96. The highest BCUT2D eigenvalue weighted by Gasteiger charge is 2.10. The average molecular weight is 226 g/mol. The molecule has 0 unspecified atom stereocenters. The first kappa shape index (κ1) is 12.8. The number of hydrogen-bond acceptors (Lipinski definition) is 6. The fourth-order valence-corrected chi connectivity index (χ4v) is 1.21. The molecular weight excluding hydrogens is 208 g/mol. The summed E-state index contributed by atoms with van der Waals surface area (Å²) < 4.78 is 4.99. The van der Waals surface area contributed by atoms with Gasteiger partial charge in [0.25, 0.3) is 0 Å².